The maximum absolute atomic E-state index is 11.9. The van der Waals surface area contributed by atoms with Gasteiger partial charge in [0.2, 0.25) is 0 Å². The molecule has 0 amide bonds. The van der Waals surface area contributed by atoms with E-state index in [0.717, 1.165) is 13.0 Å². The topological polar surface area (TPSA) is 58.6 Å². The highest BCUT2D eigenvalue weighted by molar-refractivity contribution is 5.88. The number of methoxy groups -OCH3 is 1. The van der Waals surface area contributed by atoms with Gasteiger partial charge in [-0.05, 0) is 50.8 Å². The van der Waals surface area contributed by atoms with E-state index in [1.165, 1.54) is 0 Å². The van der Waals surface area contributed by atoms with E-state index in [-0.39, 0.29) is 5.78 Å². The van der Waals surface area contributed by atoms with Gasteiger partial charge in [0.25, 0.3) is 0 Å². The molecular formula is C15H25NO3. The number of nitrogens with one attached hydrogen (secondary N) is 1. The fourth-order valence-electron chi connectivity index (χ4n) is 1.94. The van der Waals surface area contributed by atoms with Crippen molar-refractivity contribution in [2.75, 3.05) is 20.2 Å². The molecule has 4 nitrogen and oxygen atoms in total. The van der Waals surface area contributed by atoms with Crippen molar-refractivity contribution in [3.63, 3.8) is 0 Å². The summed E-state index contributed by atoms with van der Waals surface area (Å²) in [5, 5.41) is 12.5. The quantitative estimate of drug-likeness (QED) is 0.742. The monoisotopic (exact) mass is 267 g/mol. The van der Waals surface area contributed by atoms with Crippen molar-refractivity contribution in [1.29, 1.82) is 0 Å². The lowest BCUT2D eigenvalue weighted by atomic mass is 9.88. The SMILES string of the molecule is COC(C)(C)C(=O)CNCC(C)[C@H]1C=CC(O)=CC1. The summed E-state index contributed by atoms with van der Waals surface area (Å²) in [4.78, 5) is 11.9. The summed E-state index contributed by atoms with van der Waals surface area (Å²) >= 11 is 0. The summed E-state index contributed by atoms with van der Waals surface area (Å²) in [7, 11) is 1.55. The van der Waals surface area contributed by atoms with Crippen LogP contribution in [0.5, 0.6) is 0 Å². The zero-order valence-electron chi connectivity index (χ0n) is 12.3. The van der Waals surface area contributed by atoms with Crippen molar-refractivity contribution < 1.29 is 14.6 Å². The maximum Gasteiger partial charge on any atom is 0.177 e. The first-order valence-corrected chi connectivity index (χ1v) is 6.73. The third-order valence-corrected chi connectivity index (χ3v) is 3.78. The van der Waals surface area contributed by atoms with Gasteiger partial charge in [-0.15, -0.1) is 0 Å². The Morgan fingerprint density at radius 2 is 2.32 bits per heavy atom. The Hall–Kier alpha value is -1.13. The smallest absolute Gasteiger partial charge is 0.177 e. The number of rotatable bonds is 7. The second kappa shape index (κ2) is 6.87. The Kier molecular flexibility index (Phi) is 5.76. The van der Waals surface area contributed by atoms with Gasteiger partial charge in [-0.1, -0.05) is 13.0 Å². The van der Waals surface area contributed by atoms with E-state index in [2.05, 4.69) is 12.2 Å². The van der Waals surface area contributed by atoms with Crippen molar-refractivity contribution in [3.05, 3.63) is 24.0 Å². The van der Waals surface area contributed by atoms with Crippen molar-refractivity contribution in [1.82, 2.24) is 5.32 Å². The molecule has 0 heterocycles. The zero-order valence-corrected chi connectivity index (χ0v) is 12.3. The number of hydrogen-bond donors (Lipinski definition) is 2. The Labute approximate surface area is 115 Å². The second-order valence-corrected chi connectivity index (χ2v) is 5.63. The largest absolute Gasteiger partial charge is 0.508 e. The van der Waals surface area contributed by atoms with E-state index in [1.54, 1.807) is 27.0 Å². The van der Waals surface area contributed by atoms with Crippen LogP contribution >= 0.6 is 0 Å². The molecule has 0 saturated carbocycles. The summed E-state index contributed by atoms with van der Waals surface area (Å²) < 4.78 is 5.15. The normalized spacial score (nSPS) is 21.1. The summed E-state index contributed by atoms with van der Waals surface area (Å²) in [6, 6.07) is 0. The molecule has 0 aromatic carbocycles. The number of Topliss-reactive ketones (excluding diaryl/α,β-unsaturated/α-hetero) is 1. The predicted molar refractivity (Wildman–Crippen MR) is 76.1 cm³/mol. The van der Waals surface area contributed by atoms with Gasteiger partial charge in [-0.3, -0.25) is 4.79 Å². The molecule has 2 N–H and O–H groups in total. The third kappa shape index (κ3) is 4.80. The van der Waals surface area contributed by atoms with E-state index in [0.29, 0.717) is 24.1 Å². The summed E-state index contributed by atoms with van der Waals surface area (Å²) in [6.07, 6.45) is 6.45. The van der Waals surface area contributed by atoms with Crippen LogP contribution in [0.4, 0.5) is 0 Å². The van der Waals surface area contributed by atoms with E-state index in [1.807, 2.05) is 12.2 Å². The molecule has 19 heavy (non-hydrogen) atoms. The molecule has 0 radical (unpaired) electrons. The van der Waals surface area contributed by atoms with Crippen LogP contribution in [0.2, 0.25) is 0 Å². The maximum atomic E-state index is 11.9. The molecule has 108 valence electrons. The molecule has 0 bridgehead atoms. The van der Waals surface area contributed by atoms with Gasteiger partial charge in [-0.25, -0.2) is 0 Å². The fraction of sp³-hybridized carbons (Fsp3) is 0.667. The molecule has 0 aromatic rings. The first-order chi connectivity index (χ1) is 8.86. The Morgan fingerprint density at radius 1 is 1.63 bits per heavy atom. The number of aliphatic hydroxyl groups is 1. The average Bonchev–Trinajstić information content (AvgIpc) is 2.39. The number of aliphatic hydroxyl groups excluding tert-OH is 1. The van der Waals surface area contributed by atoms with Gasteiger partial charge in [0, 0.05) is 7.11 Å². The van der Waals surface area contributed by atoms with Crippen LogP contribution in [0.1, 0.15) is 27.2 Å². The van der Waals surface area contributed by atoms with Crippen molar-refractivity contribution >= 4 is 5.78 Å². The Balaban J connectivity index is 2.30. The first kappa shape index (κ1) is 15.9. The van der Waals surface area contributed by atoms with Crippen molar-refractivity contribution in [3.8, 4) is 0 Å². The van der Waals surface area contributed by atoms with Gasteiger partial charge < -0.3 is 15.2 Å². The van der Waals surface area contributed by atoms with Crippen molar-refractivity contribution in [2.24, 2.45) is 11.8 Å². The lowest BCUT2D eigenvalue weighted by molar-refractivity contribution is -0.136. The molecule has 1 aliphatic rings. The minimum atomic E-state index is -0.727. The molecule has 0 fully saturated rings. The zero-order chi connectivity index (χ0) is 14.5. The summed E-state index contributed by atoms with van der Waals surface area (Å²) in [6.45, 7) is 6.79. The van der Waals surface area contributed by atoms with Gasteiger partial charge in [0.05, 0.1) is 6.54 Å². The predicted octanol–water partition coefficient (Wildman–Crippen LogP) is 2.22. The van der Waals surface area contributed by atoms with Gasteiger partial charge in [0.15, 0.2) is 5.78 Å². The Bertz CT molecular complexity index is 372. The van der Waals surface area contributed by atoms with E-state index in [9.17, 15) is 9.90 Å². The van der Waals surface area contributed by atoms with Crippen LogP contribution in [0.25, 0.3) is 0 Å². The summed E-state index contributed by atoms with van der Waals surface area (Å²) in [5.41, 5.74) is -0.727. The Morgan fingerprint density at radius 3 is 2.84 bits per heavy atom. The second-order valence-electron chi connectivity index (χ2n) is 5.63. The van der Waals surface area contributed by atoms with Gasteiger partial charge >= 0.3 is 0 Å². The van der Waals surface area contributed by atoms with E-state index < -0.39 is 5.60 Å². The molecule has 0 aromatic heterocycles. The highest BCUT2D eigenvalue weighted by Crippen LogP contribution is 2.22. The molecule has 1 aliphatic carbocycles. The molecule has 1 rings (SSSR count). The fourth-order valence-corrected chi connectivity index (χ4v) is 1.94. The highest BCUT2D eigenvalue weighted by Gasteiger charge is 2.26. The van der Waals surface area contributed by atoms with Crippen LogP contribution in [-0.2, 0) is 9.53 Å². The number of carbonyl (C=O) groups excluding carboxylic acids is 1. The minimum Gasteiger partial charge on any atom is -0.508 e. The van der Waals surface area contributed by atoms with Crippen LogP contribution in [0, 0.1) is 11.8 Å². The summed E-state index contributed by atoms with van der Waals surface area (Å²) in [5.74, 6) is 1.22. The number of carbonyl (C=O) groups is 1. The van der Waals surface area contributed by atoms with Crippen LogP contribution in [0.15, 0.2) is 24.0 Å². The lowest BCUT2D eigenvalue weighted by Gasteiger charge is -2.24. The molecule has 0 saturated heterocycles. The van der Waals surface area contributed by atoms with E-state index >= 15 is 0 Å². The van der Waals surface area contributed by atoms with Gasteiger partial charge in [-0.2, -0.15) is 0 Å². The van der Waals surface area contributed by atoms with Gasteiger partial charge in [0.1, 0.15) is 11.4 Å². The number of allylic oxidation sites excluding steroid dienone is 3. The molecule has 0 spiro atoms. The van der Waals surface area contributed by atoms with Crippen LogP contribution in [0.3, 0.4) is 0 Å². The van der Waals surface area contributed by atoms with Crippen molar-refractivity contribution in [2.45, 2.75) is 32.8 Å². The van der Waals surface area contributed by atoms with E-state index in [4.69, 9.17) is 4.74 Å². The highest BCUT2D eigenvalue weighted by atomic mass is 16.5. The number of hydrogen-bond acceptors (Lipinski definition) is 4. The molecule has 1 unspecified atom stereocenters. The molecule has 0 aliphatic heterocycles. The third-order valence-electron chi connectivity index (χ3n) is 3.78. The molecule has 4 heteroatoms. The molecule has 2 atom stereocenters. The minimum absolute atomic E-state index is 0.0546. The number of ether oxygens (including phenoxy) is 1. The molecular weight excluding hydrogens is 242 g/mol. The standard InChI is InChI=1S/C15H25NO3/c1-11(12-5-7-13(17)8-6-12)9-16-10-14(18)15(2,3)19-4/h5,7-8,11-12,16-17H,6,9-10H2,1-4H3/t11?,12-/m0/s1. The van der Waals surface area contributed by atoms with Crippen LogP contribution in [-0.4, -0.2) is 36.7 Å². The van der Waals surface area contributed by atoms with Crippen LogP contribution < -0.4 is 5.32 Å². The number of ketones is 1. The average molecular weight is 267 g/mol. The first-order valence-electron chi connectivity index (χ1n) is 6.73. The lowest BCUT2D eigenvalue weighted by Crippen LogP contribution is -2.41.